The zero-order valence-electron chi connectivity index (χ0n) is 15.0. The molecule has 0 bridgehead atoms. The standard InChI is InChI=1S/C23H20F2N2/c1-23(18-10-6-3-7-11-18)22(16-8-4-2-5-9-16)26-21(27-23)14-17-12-13-19(24)15-20(17)25/h2-13,15,22H,14H2,1H3,(H,26,27). The Balaban J connectivity index is 1.72. The van der Waals surface area contributed by atoms with E-state index in [0.29, 0.717) is 11.4 Å². The van der Waals surface area contributed by atoms with Gasteiger partial charge in [0.15, 0.2) is 0 Å². The molecule has 0 spiro atoms. The van der Waals surface area contributed by atoms with Gasteiger partial charge in [0.25, 0.3) is 0 Å². The van der Waals surface area contributed by atoms with E-state index in [1.54, 1.807) is 0 Å². The van der Waals surface area contributed by atoms with E-state index in [0.717, 1.165) is 17.2 Å². The average Bonchev–Trinajstić information content (AvgIpc) is 3.03. The SMILES string of the molecule is CC1(c2ccccc2)NC(Cc2ccc(F)cc2F)=NC1c1ccccc1. The van der Waals surface area contributed by atoms with Crippen molar-refractivity contribution < 1.29 is 8.78 Å². The second-order valence-corrected chi connectivity index (χ2v) is 6.99. The quantitative estimate of drug-likeness (QED) is 0.681. The van der Waals surface area contributed by atoms with Crippen molar-refractivity contribution >= 4 is 5.84 Å². The van der Waals surface area contributed by atoms with Gasteiger partial charge in [-0.15, -0.1) is 0 Å². The third kappa shape index (κ3) is 3.35. The Morgan fingerprint density at radius 2 is 1.59 bits per heavy atom. The maximum Gasteiger partial charge on any atom is 0.129 e. The van der Waals surface area contributed by atoms with Crippen LogP contribution in [0.15, 0.2) is 83.9 Å². The lowest BCUT2D eigenvalue weighted by molar-refractivity contribution is 0.385. The fourth-order valence-electron chi connectivity index (χ4n) is 3.68. The van der Waals surface area contributed by atoms with Crippen LogP contribution in [0.1, 0.15) is 29.7 Å². The zero-order valence-corrected chi connectivity index (χ0v) is 15.0. The molecule has 1 heterocycles. The minimum absolute atomic E-state index is 0.139. The molecule has 0 fully saturated rings. The summed E-state index contributed by atoms with van der Waals surface area (Å²) in [4.78, 5) is 4.89. The van der Waals surface area contributed by atoms with E-state index in [2.05, 4.69) is 36.5 Å². The van der Waals surface area contributed by atoms with Crippen molar-refractivity contribution in [1.82, 2.24) is 5.32 Å². The van der Waals surface area contributed by atoms with Crippen LogP contribution in [0.2, 0.25) is 0 Å². The first-order valence-corrected chi connectivity index (χ1v) is 8.95. The molecule has 136 valence electrons. The van der Waals surface area contributed by atoms with Gasteiger partial charge in [0.1, 0.15) is 23.5 Å². The summed E-state index contributed by atoms with van der Waals surface area (Å²) >= 11 is 0. The lowest BCUT2D eigenvalue weighted by Gasteiger charge is -2.32. The van der Waals surface area contributed by atoms with Crippen LogP contribution < -0.4 is 5.32 Å². The summed E-state index contributed by atoms with van der Waals surface area (Å²) in [6.07, 6.45) is 0.290. The molecule has 0 saturated carbocycles. The van der Waals surface area contributed by atoms with Gasteiger partial charge in [0, 0.05) is 12.5 Å². The van der Waals surface area contributed by atoms with Crippen LogP contribution in [0.4, 0.5) is 8.78 Å². The smallest absolute Gasteiger partial charge is 0.129 e. The van der Waals surface area contributed by atoms with Crippen molar-refractivity contribution in [2.24, 2.45) is 4.99 Å². The number of hydrogen-bond acceptors (Lipinski definition) is 2. The minimum atomic E-state index is -0.575. The second kappa shape index (κ2) is 6.95. The summed E-state index contributed by atoms with van der Waals surface area (Å²) < 4.78 is 27.3. The number of hydrogen-bond donors (Lipinski definition) is 1. The molecule has 3 aromatic carbocycles. The molecule has 4 heteroatoms. The first-order chi connectivity index (χ1) is 13.1. The van der Waals surface area contributed by atoms with Gasteiger partial charge in [-0.2, -0.15) is 0 Å². The topological polar surface area (TPSA) is 24.4 Å². The Labute approximate surface area is 157 Å². The predicted octanol–water partition coefficient (Wildman–Crippen LogP) is 5.17. The Hall–Kier alpha value is -3.01. The van der Waals surface area contributed by atoms with Crippen LogP contribution in [0.3, 0.4) is 0 Å². The highest BCUT2D eigenvalue weighted by Crippen LogP contribution is 2.41. The molecular formula is C23H20F2N2. The number of nitrogens with zero attached hydrogens (tertiary/aromatic N) is 1. The number of benzene rings is 3. The molecule has 0 aromatic heterocycles. The highest BCUT2D eigenvalue weighted by atomic mass is 19.1. The largest absolute Gasteiger partial charge is 0.362 e. The number of aliphatic imine (C=N–C) groups is 1. The molecule has 0 radical (unpaired) electrons. The van der Waals surface area contributed by atoms with Crippen molar-refractivity contribution in [3.8, 4) is 0 Å². The third-order valence-corrected chi connectivity index (χ3v) is 5.10. The molecule has 3 aromatic rings. The highest BCUT2D eigenvalue weighted by molar-refractivity contribution is 5.87. The van der Waals surface area contributed by atoms with Crippen LogP contribution in [0, 0.1) is 11.6 Å². The Morgan fingerprint density at radius 3 is 2.26 bits per heavy atom. The fraction of sp³-hybridized carbons (Fsp3) is 0.174. The van der Waals surface area contributed by atoms with Crippen LogP contribution in [0.25, 0.3) is 0 Å². The van der Waals surface area contributed by atoms with Gasteiger partial charge in [-0.25, -0.2) is 8.78 Å². The summed E-state index contributed by atoms with van der Waals surface area (Å²) in [5.41, 5.74) is 2.17. The van der Waals surface area contributed by atoms with Crippen LogP contribution >= 0.6 is 0 Å². The van der Waals surface area contributed by atoms with E-state index in [9.17, 15) is 8.78 Å². The minimum Gasteiger partial charge on any atom is -0.362 e. The van der Waals surface area contributed by atoms with Gasteiger partial charge in [-0.1, -0.05) is 66.7 Å². The molecule has 4 rings (SSSR count). The van der Waals surface area contributed by atoms with E-state index >= 15 is 0 Å². The predicted molar refractivity (Wildman–Crippen MR) is 104 cm³/mol. The van der Waals surface area contributed by atoms with Crippen molar-refractivity contribution in [2.75, 3.05) is 0 Å². The lowest BCUT2D eigenvalue weighted by atomic mass is 9.82. The Bertz CT molecular complexity index is 970. The van der Waals surface area contributed by atoms with Crippen molar-refractivity contribution in [2.45, 2.75) is 24.9 Å². The summed E-state index contributed by atoms with van der Waals surface area (Å²) in [6.45, 7) is 2.11. The van der Waals surface area contributed by atoms with Crippen LogP contribution in [-0.2, 0) is 12.0 Å². The molecular weight excluding hydrogens is 342 g/mol. The van der Waals surface area contributed by atoms with Gasteiger partial charge < -0.3 is 5.32 Å². The molecule has 1 aliphatic heterocycles. The normalized spacial score (nSPS) is 21.6. The molecule has 1 aliphatic rings. The first kappa shape index (κ1) is 17.4. The third-order valence-electron chi connectivity index (χ3n) is 5.10. The van der Waals surface area contributed by atoms with Gasteiger partial charge in [-0.3, -0.25) is 4.99 Å². The van der Waals surface area contributed by atoms with Crippen LogP contribution in [0.5, 0.6) is 0 Å². The van der Waals surface area contributed by atoms with Crippen molar-refractivity contribution in [3.63, 3.8) is 0 Å². The summed E-state index contributed by atoms with van der Waals surface area (Å²) in [5.74, 6) is -0.432. The molecule has 0 saturated heterocycles. The number of amidine groups is 1. The van der Waals surface area contributed by atoms with E-state index in [1.165, 1.54) is 12.1 Å². The van der Waals surface area contributed by atoms with Gasteiger partial charge >= 0.3 is 0 Å². The van der Waals surface area contributed by atoms with Crippen molar-refractivity contribution in [3.05, 3.63) is 107 Å². The second-order valence-electron chi connectivity index (χ2n) is 6.99. The Morgan fingerprint density at radius 1 is 0.926 bits per heavy atom. The molecule has 1 N–H and O–H groups in total. The maximum atomic E-state index is 14.1. The number of rotatable bonds is 4. The molecule has 27 heavy (non-hydrogen) atoms. The van der Waals surface area contributed by atoms with E-state index in [4.69, 9.17) is 4.99 Å². The fourth-order valence-corrected chi connectivity index (χ4v) is 3.68. The first-order valence-electron chi connectivity index (χ1n) is 8.95. The van der Waals surface area contributed by atoms with Crippen LogP contribution in [-0.4, -0.2) is 5.84 Å². The summed E-state index contributed by atoms with van der Waals surface area (Å²) in [5, 5.41) is 3.51. The van der Waals surface area contributed by atoms with Gasteiger partial charge in [0.05, 0.1) is 5.54 Å². The van der Waals surface area contributed by atoms with Gasteiger partial charge in [-0.05, 0) is 29.7 Å². The number of halogens is 2. The highest BCUT2D eigenvalue weighted by Gasteiger charge is 2.42. The van der Waals surface area contributed by atoms with E-state index < -0.39 is 17.2 Å². The maximum absolute atomic E-state index is 14.1. The van der Waals surface area contributed by atoms with E-state index in [1.807, 2.05) is 36.4 Å². The van der Waals surface area contributed by atoms with Gasteiger partial charge in [0.2, 0.25) is 0 Å². The Kier molecular flexibility index (Phi) is 4.48. The molecule has 2 nitrogen and oxygen atoms in total. The lowest BCUT2D eigenvalue weighted by Crippen LogP contribution is -2.42. The molecule has 0 amide bonds. The number of nitrogens with one attached hydrogen (secondary N) is 1. The summed E-state index contributed by atoms with van der Waals surface area (Å²) in [6, 6.07) is 23.7. The zero-order chi connectivity index (χ0) is 18.9. The monoisotopic (exact) mass is 362 g/mol. The molecule has 0 aliphatic carbocycles. The molecule has 2 atom stereocenters. The van der Waals surface area contributed by atoms with E-state index in [-0.39, 0.29) is 12.5 Å². The van der Waals surface area contributed by atoms with Crippen molar-refractivity contribution in [1.29, 1.82) is 0 Å². The summed E-state index contributed by atoms with van der Waals surface area (Å²) in [7, 11) is 0. The average molecular weight is 362 g/mol. The molecule has 2 unspecified atom stereocenters.